The van der Waals surface area contributed by atoms with Crippen LogP contribution in [0.5, 0.6) is 0 Å². The average molecular weight is 423 g/mol. The van der Waals surface area contributed by atoms with Crippen LogP contribution in [0.2, 0.25) is 0 Å². The van der Waals surface area contributed by atoms with E-state index in [1.165, 1.54) is 30.1 Å². The van der Waals surface area contributed by atoms with Gasteiger partial charge < -0.3 is 10.6 Å². The van der Waals surface area contributed by atoms with Crippen LogP contribution in [0.4, 0.5) is 5.69 Å². The minimum absolute atomic E-state index is 0.0753. The molecule has 0 aliphatic heterocycles. The molecule has 0 spiro atoms. The van der Waals surface area contributed by atoms with Crippen molar-refractivity contribution in [2.24, 2.45) is 0 Å². The lowest BCUT2D eigenvalue weighted by atomic mass is 10.2. The lowest BCUT2D eigenvalue weighted by Gasteiger charge is -2.18. The van der Waals surface area contributed by atoms with Gasteiger partial charge in [0.15, 0.2) is 0 Å². The molecule has 0 saturated heterocycles. The molecule has 3 N–H and O–H groups in total. The second kappa shape index (κ2) is 10.8. The molecule has 0 aliphatic carbocycles. The van der Waals surface area contributed by atoms with Crippen LogP contribution >= 0.6 is 11.8 Å². The van der Waals surface area contributed by atoms with Gasteiger partial charge >= 0.3 is 0 Å². The van der Waals surface area contributed by atoms with Gasteiger partial charge in [0.05, 0.1) is 23.3 Å². The number of hydrogen-bond acceptors (Lipinski definition) is 6. The van der Waals surface area contributed by atoms with E-state index in [0.717, 1.165) is 0 Å². The van der Waals surface area contributed by atoms with Gasteiger partial charge in [-0.3, -0.25) is 14.6 Å². The topological polar surface area (TPSA) is 117 Å². The number of sulfonamides is 1. The van der Waals surface area contributed by atoms with Gasteiger partial charge in [-0.1, -0.05) is 18.2 Å². The fourth-order valence-electron chi connectivity index (χ4n) is 2.27. The molecule has 1 aromatic carbocycles. The molecule has 1 atom stereocenters. The number of carbonyl (C=O) groups excluding carboxylic acids is 2. The maximum Gasteiger partial charge on any atom is 0.243 e. The molecule has 0 bridgehead atoms. The minimum atomic E-state index is -3.85. The Morgan fingerprint density at radius 1 is 1.14 bits per heavy atom. The van der Waals surface area contributed by atoms with Gasteiger partial charge in [0.25, 0.3) is 0 Å². The van der Waals surface area contributed by atoms with Crippen LogP contribution < -0.4 is 15.4 Å². The molecule has 1 heterocycles. The van der Waals surface area contributed by atoms with E-state index in [9.17, 15) is 18.0 Å². The third-order valence-electron chi connectivity index (χ3n) is 3.65. The first kappa shape index (κ1) is 21.9. The number of nitrogens with one attached hydrogen (secondary N) is 3. The van der Waals surface area contributed by atoms with E-state index >= 15 is 0 Å². The summed E-state index contributed by atoms with van der Waals surface area (Å²) in [5.74, 6) is -0.414. The lowest BCUT2D eigenvalue weighted by Crippen LogP contribution is -2.48. The highest BCUT2D eigenvalue weighted by molar-refractivity contribution is 7.98. The van der Waals surface area contributed by atoms with Crippen molar-refractivity contribution in [2.45, 2.75) is 17.4 Å². The van der Waals surface area contributed by atoms with Crippen molar-refractivity contribution in [1.29, 1.82) is 0 Å². The zero-order valence-electron chi connectivity index (χ0n) is 15.3. The van der Waals surface area contributed by atoms with E-state index < -0.39 is 27.9 Å². The van der Waals surface area contributed by atoms with E-state index in [4.69, 9.17) is 0 Å². The Balaban J connectivity index is 1.97. The molecule has 28 heavy (non-hydrogen) atoms. The van der Waals surface area contributed by atoms with Crippen molar-refractivity contribution in [1.82, 2.24) is 15.0 Å². The molecule has 150 valence electrons. The van der Waals surface area contributed by atoms with Crippen LogP contribution in [0.3, 0.4) is 0 Å². The van der Waals surface area contributed by atoms with Crippen LogP contribution in [0.1, 0.15) is 6.42 Å². The summed E-state index contributed by atoms with van der Waals surface area (Å²) in [6.45, 7) is -0.281. The second-order valence-corrected chi connectivity index (χ2v) is 8.48. The Bertz CT molecular complexity index is 877. The molecular formula is C18H22N4O4S2. The molecule has 1 unspecified atom stereocenters. The number of nitrogens with zero attached hydrogens (tertiary/aromatic N) is 1. The number of aromatic nitrogens is 1. The predicted octanol–water partition coefficient (Wildman–Crippen LogP) is 1.24. The van der Waals surface area contributed by atoms with Crippen LogP contribution in [-0.2, 0) is 19.6 Å². The Labute approximate surface area is 168 Å². The number of pyridine rings is 1. The highest BCUT2D eigenvalue weighted by atomic mass is 32.2. The molecule has 0 aliphatic rings. The number of rotatable bonds is 10. The summed E-state index contributed by atoms with van der Waals surface area (Å²) in [7, 11) is -3.85. The summed E-state index contributed by atoms with van der Waals surface area (Å²) < 4.78 is 27.4. The second-order valence-electron chi connectivity index (χ2n) is 5.78. The van der Waals surface area contributed by atoms with Crippen molar-refractivity contribution >= 4 is 39.3 Å². The summed E-state index contributed by atoms with van der Waals surface area (Å²) in [4.78, 5) is 28.4. The van der Waals surface area contributed by atoms with Crippen molar-refractivity contribution in [3.05, 3.63) is 54.9 Å². The first-order valence-electron chi connectivity index (χ1n) is 8.46. The van der Waals surface area contributed by atoms with Gasteiger partial charge in [-0.25, -0.2) is 8.42 Å². The maximum absolute atomic E-state index is 12.5. The van der Waals surface area contributed by atoms with Crippen LogP contribution in [0.25, 0.3) is 0 Å². The van der Waals surface area contributed by atoms with Gasteiger partial charge in [0.1, 0.15) is 6.04 Å². The average Bonchev–Trinajstić information content (AvgIpc) is 2.70. The standard InChI is InChI=1S/C18H22N4O4S2/c1-27-11-9-16(22-28(25,26)15-7-3-2-4-8-15)18(24)20-13-17(23)21-14-6-5-10-19-12-14/h2-8,10,12,16,22H,9,11,13H2,1H3,(H,20,24)(H,21,23). The van der Waals surface area contributed by atoms with Gasteiger partial charge in [-0.05, 0) is 42.7 Å². The van der Waals surface area contributed by atoms with E-state index in [1.807, 2.05) is 6.26 Å². The lowest BCUT2D eigenvalue weighted by molar-refractivity contribution is -0.125. The first-order chi connectivity index (χ1) is 13.4. The van der Waals surface area contributed by atoms with Gasteiger partial charge in [-0.15, -0.1) is 0 Å². The number of benzene rings is 1. The summed E-state index contributed by atoms with van der Waals surface area (Å²) in [6.07, 6.45) is 5.22. The largest absolute Gasteiger partial charge is 0.346 e. The van der Waals surface area contributed by atoms with Crippen molar-refractivity contribution < 1.29 is 18.0 Å². The van der Waals surface area contributed by atoms with Gasteiger partial charge in [0, 0.05) is 6.20 Å². The molecule has 2 amide bonds. The Hall–Kier alpha value is -2.43. The highest BCUT2D eigenvalue weighted by Crippen LogP contribution is 2.10. The maximum atomic E-state index is 12.5. The summed E-state index contributed by atoms with van der Waals surface area (Å²) >= 11 is 1.49. The van der Waals surface area contributed by atoms with Crippen molar-refractivity contribution in [3.63, 3.8) is 0 Å². The van der Waals surface area contributed by atoms with Crippen molar-refractivity contribution in [3.8, 4) is 0 Å². The highest BCUT2D eigenvalue weighted by Gasteiger charge is 2.25. The quantitative estimate of drug-likeness (QED) is 0.530. The zero-order chi connectivity index (χ0) is 20.4. The Kier molecular flexibility index (Phi) is 8.42. The Morgan fingerprint density at radius 2 is 1.89 bits per heavy atom. The van der Waals surface area contributed by atoms with E-state index in [1.54, 1.807) is 36.5 Å². The summed E-state index contributed by atoms with van der Waals surface area (Å²) in [5.41, 5.74) is 0.505. The monoisotopic (exact) mass is 422 g/mol. The summed E-state index contributed by atoms with van der Waals surface area (Å²) in [6, 6.07) is 10.2. The van der Waals surface area contributed by atoms with E-state index in [-0.39, 0.29) is 11.4 Å². The van der Waals surface area contributed by atoms with Crippen LogP contribution in [0.15, 0.2) is 59.8 Å². The fourth-order valence-corrected chi connectivity index (χ4v) is 3.99. The number of anilines is 1. The molecular weight excluding hydrogens is 400 g/mol. The third-order valence-corrected chi connectivity index (χ3v) is 5.78. The number of carbonyl (C=O) groups is 2. The van der Waals surface area contributed by atoms with Crippen LogP contribution in [-0.4, -0.2) is 49.8 Å². The number of hydrogen-bond donors (Lipinski definition) is 3. The van der Waals surface area contributed by atoms with E-state index in [2.05, 4.69) is 20.3 Å². The molecule has 1 aromatic heterocycles. The molecule has 2 rings (SSSR count). The van der Waals surface area contributed by atoms with Gasteiger partial charge in [0.2, 0.25) is 21.8 Å². The summed E-state index contributed by atoms with van der Waals surface area (Å²) in [5, 5.41) is 5.07. The van der Waals surface area contributed by atoms with Crippen LogP contribution in [0, 0.1) is 0 Å². The molecule has 8 nitrogen and oxygen atoms in total. The first-order valence-corrected chi connectivity index (χ1v) is 11.3. The molecule has 0 fully saturated rings. The fraction of sp³-hybridized carbons (Fsp3) is 0.278. The molecule has 0 radical (unpaired) electrons. The number of thioether (sulfide) groups is 1. The normalized spacial score (nSPS) is 12.2. The number of amides is 2. The third kappa shape index (κ3) is 6.95. The predicted molar refractivity (Wildman–Crippen MR) is 109 cm³/mol. The van der Waals surface area contributed by atoms with Gasteiger partial charge in [-0.2, -0.15) is 16.5 Å². The minimum Gasteiger partial charge on any atom is -0.346 e. The smallest absolute Gasteiger partial charge is 0.243 e. The SMILES string of the molecule is CSCCC(NS(=O)(=O)c1ccccc1)C(=O)NCC(=O)Nc1cccnc1. The van der Waals surface area contributed by atoms with E-state index in [0.29, 0.717) is 17.9 Å². The Morgan fingerprint density at radius 3 is 2.54 bits per heavy atom. The molecule has 10 heteroatoms. The molecule has 2 aromatic rings. The molecule has 0 saturated carbocycles. The van der Waals surface area contributed by atoms with Crippen molar-refractivity contribution in [2.75, 3.05) is 23.9 Å². The zero-order valence-corrected chi connectivity index (χ0v) is 16.9.